The Bertz CT molecular complexity index is 3570. The lowest BCUT2D eigenvalue weighted by atomic mass is 9.80. The van der Waals surface area contributed by atoms with Crippen molar-refractivity contribution in [3.05, 3.63) is 166 Å². The van der Waals surface area contributed by atoms with E-state index >= 15 is 0 Å². The van der Waals surface area contributed by atoms with Crippen LogP contribution < -0.4 is 13.9 Å². The van der Waals surface area contributed by atoms with E-state index in [0.29, 0.717) is 5.75 Å². The van der Waals surface area contributed by atoms with Crippen LogP contribution in [0, 0.1) is 6.92 Å². The molecular formula is C63H67N3O+2. The monoisotopic (exact) mass is 886 g/mol. The molecule has 0 saturated carbocycles. The lowest BCUT2D eigenvalue weighted by Crippen LogP contribution is -2.78. The Morgan fingerprint density at radius 1 is 0.597 bits per heavy atom. The summed E-state index contributed by atoms with van der Waals surface area (Å²) >= 11 is 0. The van der Waals surface area contributed by atoms with Gasteiger partial charge in [0.25, 0.3) is 0 Å². The predicted octanol–water partition coefficient (Wildman–Crippen LogP) is 16.0. The molecule has 1 atom stereocenters. The van der Waals surface area contributed by atoms with E-state index in [1.54, 1.807) is 0 Å². The number of ether oxygens (including phenoxy) is 1. The second-order valence-electron chi connectivity index (χ2n) is 21.6. The average molecular weight is 886 g/mol. The molecule has 6 aromatic carbocycles. The number of aromatic nitrogens is 3. The van der Waals surface area contributed by atoms with Crippen molar-refractivity contribution in [2.75, 3.05) is 0 Å². The minimum atomic E-state index is -1.25. The van der Waals surface area contributed by atoms with Gasteiger partial charge in [-0.15, -0.1) is 9.13 Å². The number of benzene rings is 6. The van der Waals surface area contributed by atoms with Gasteiger partial charge in [-0.2, -0.15) is 4.57 Å². The van der Waals surface area contributed by atoms with Gasteiger partial charge >= 0.3 is 11.7 Å². The second kappa shape index (κ2) is 15.1. The SMILES string of the molecule is [2H]C(C)(C)c1ccc(-c2cc[n+]3c(c2)-c2cc(C(C)(C)C)cc4c2C32Oc3c(cc(C([2H])(C)C)cc3C([2H])(C)C)-c3n(-c5ccc(-c6c(C(C)C)cccc6C([2H])(C)C)cc5C)c5cccc-4c5[n+]32)cc1. The standard InChI is InChI=1S/C63H67N3O/c1-35(2)41-21-23-42(24-22-41)43-27-28-64-56(32-43)52-34-46(62(12,13)14)33-51-49-19-16-20-55-59(49)66-61(53-31-45(36(3)4)30-50(39(9)10)60(53)67-63(64,66)58(51)52)65(55)54-26-25-44(29-40(54)11)57-47(37(5)6)17-15-18-48(57)38(7)8/h15-39H,1-14H3/q+2/i35D,36D,37D,39D. The Kier molecular flexibility index (Phi) is 8.76. The third-order valence-electron chi connectivity index (χ3n) is 14.9. The zero-order chi connectivity index (χ0) is 50.9. The van der Waals surface area contributed by atoms with Crippen molar-refractivity contribution >= 4 is 11.0 Å². The van der Waals surface area contributed by atoms with Gasteiger partial charge in [0, 0.05) is 28.7 Å². The molecule has 5 heterocycles. The molecule has 1 spiro atoms. The summed E-state index contributed by atoms with van der Waals surface area (Å²) in [6.07, 6.45) is 2.19. The van der Waals surface area contributed by atoms with Crippen LogP contribution in [-0.4, -0.2) is 4.57 Å². The van der Waals surface area contributed by atoms with Crippen molar-refractivity contribution in [3.63, 3.8) is 0 Å². The fraction of sp³-hybridized carbons (Fsp3) is 0.333. The van der Waals surface area contributed by atoms with E-state index in [1.807, 2.05) is 61.5 Å². The molecule has 0 N–H and O–H groups in total. The summed E-state index contributed by atoms with van der Waals surface area (Å²) in [5, 5.41) is 0. The zero-order valence-electron chi connectivity index (χ0n) is 45.9. The van der Waals surface area contributed by atoms with E-state index < -0.39 is 29.4 Å². The predicted molar refractivity (Wildman–Crippen MR) is 278 cm³/mol. The van der Waals surface area contributed by atoms with Gasteiger partial charge < -0.3 is 4.74 Å². The van der Waals surface area contributed by atoms with Crippen molar-refractivity contribution in [2.45, 2.75) is 138 Å². The van der Waals surface area contributed by atoms with E-state index in [9.17, 15) is 4.11 Å². The van der Waals surface area contributed by atoms with Crippen molar-refractivity contribution in [1.29, 1.82) is 0 Å². The smallest absolute Gasteiger partial charge is 0.392 e. The number of hydrogen-bond donors (Lipinski definition) is 0. The Hall–Kier alpha value is -6.26. The molecule has 2 aromatic heterocycles. The molecule has 4 nitrogen and oxygen atoms in total. The molecule has 0 fully saturated rings. The molecule has 11 rings (SSSR count). The van der Waals surface area contributed by atoms with E-state index in [0.717, 1.165) is 106 Å². The number of fused-ring (bicyclic) bond motifs is 5. The maximum absolute atomic E-state index is 9.82. The molecule has 1 unspecified atom stereocenters. The maximum atomic E-state index is 9.82. The molecule has 0 amide bonds. The molecule has 0 bridgehead atoms. The Balaban J connectivity index is 1.28. The maximum Gasteiger partial charge on any atom is 0.499 e. The molecule has 0 saturated heterocycles. The van der Waals surface area contributed by atoms with Crippen molar-refractivity contribution in [3.8, 4) is 67.5 Å². The molecule has 67 heavy (non-hydrogen) atoms. The minimum Gasteiger partial charge on any atom is -0.392 e. The molecule has 338 valence electrons. The number of nitrogens with zero attached hydrogens (tertiary/aromatic N) is 3. The summed E-state index contributed by atoms with van der Waals surface area (Å²) in [5.74, 6) is -3.00. The summed E-state index contributed by atoms with van der Waals surface area (Å²) < 4.78 is 52.4. The van der Waals surface area contributed by atoms with Crippen molar-refractivity contribution in [2.24, 2.45) is 0 Å². The van der Waals surface area contributed by atoms with Gasteiger partial charge in [0.15, 0.2) is 23.0 Å². The van der Waals surface area contributed by atoms with Gasteiger partial charge in [0.1, 0.15) is 16.8 Å². The summed E-state index contributed by atoms with van der Waals surface area (Å²) in [7, 11) is 0. The fourth-order valence-corrected chi connectivity index (χ4v) is 11.3. The van der Waals surface area contributed by atoms with Crippen LogP contribution in [0.15, 0.2) is 121 Å². The first-order chi connectivity index (χ1) is 33.1. The topological polar surface area (TPSA) is 21.9 Å². The number of imidazole rings is 1. The Morgan fingerprint density at radius 3 is 1.93 bits per heavy atom. The van der Waals surface area contributed by atoms with E-state index in [4.69, 9.17) is 6.11 Å². The van der Waals surface area contributed by atoms with E-state index in [-0.39, 0.29) is 11.3 Å². The minimum absolute atomic E-state index is 0.176. The van der Waals surface area contributed by atoms with Crippen LogP contribution in [0.3, 0.4) is 0 Å². The van der Waals surface area contributed by atoms with Crippen LogP contribution in [0.1, 0.15) is 169 Å². The van der Waals surface area contributed by atoms with Crippen LogP contribution in [0.5, 0.6) is 5.75 Å². The van der Waals surface area contributed by atoms with Crippen LogP contribution in [0.4, 0.5) is 0 Å². The quantitative estimate of drug-likeness (QED) is 0.139. The Morgan fingerprint density at radius 2 is 1.27 bits per heavy atom. The highest BCUT2D eigenvalue weighted by Crippen LogP contribution is 2.56. The van der Waals surface area contributed by atoms with Gasteiger partial charge in [-0.25, -0.2) is 0 Å². The average Bonchev–Trinajstić information content (AvgIpc) is 3.78. The number of rotatable bonds is 8. The van der Waals surface area contributed by atoms with Crippen LogP contribution >= 0.6 is 0 Å². The first-order valence-electron chi connectivity index (χ1n) is 26.2. The van der Waals surface area contributed by atoms with Crippen molar-refractivity contribution in [1.82, 2.24) is 4.57 Å². The third-order valence-corrected chi connectivity index (χ3v) is 14.9. The molecule has 3 aliphatic heterocycles. The molecule has 8 aromatic rings. The summed E-state index contributed by atoms with van der Waals surface area (Å²) in [5.41, 5.74) is 20.6. The van der Waals surface area contributed by atoms with Gasteiger partial charge in [0.05, 0.1) is 5.56 Å². The summed E-state index contributed by atoms with van der Waals surface area (Å²) in [6, 6.07) is 41.8. The molecule has 4 heteroatoms. The second-order valence-corrected chi connectivity index (χ2v) is 21.6. The largest absolute Gasteiger partial charge is 0.499 e. The van der Waals surface area contributed by atoms with Gasteiger partial charge in [-0.1, -0.05) is 151 Å². The Labute approximate surface area is 404 Å². The molecule has 3 aliphatic rings. The molecule has 0 aliphatic carbocycles. The number of pyridine rings is 1. The van der Waals surface area contributed by atoms with Gasteiger partial charge in [0.2, 0.25) is 5.69 Å². The number of para-hydroxylation sites is 1. The lowest BCUT2D eigenvalue weighted by molar-refractivity contribution is -0.997. The normalized spacial score (nSPS) is 17.1. The zero-order valence-corrected chi connectivity index (χ0v) is 41.9. The highest BCUT2D eigenvalue weighted by Gasteiger charge is 2.69. The third kappa shape index (κ3) is 6.23. The van der Waals surface area contributed by atoms with Crippen LogP contribution in [-0.2, 0) is 11.3 Å². The van der Waals surface area contributed by atoms with Gasteiger partial charge in [-0.05, 0) is 145 Å². The first-order valence-corrected chi connectivity index (χ1v) is 24.2. The van der Waals surface area contributed by atoms with Gasteiger partial charge in [-0.3, -0.25) is 0 Å². The summed E-state index contributed by atoms with van der Waals surface area (Å²) in [4.78, 5) is 0. The van der Waals surface area contributed by atoms with Crippen LogP contribution in [0.2, 0.25) is 0 Å². The number of aryl methyl sites for hydroxylation is 1. The fourth-order valence-electron chi connectivity index (χ4n) is 11.3. The van der Waals surface area contributed by atoms with Crippen LogP contribution in [0.25, 0.3) is 72.7 Å². The van der Waals surface area contributed by atoms with E-state index in [1.165, 1.54) is 11.1 Å². The summed E-state index contributed by atoms with van der Waals surface area (Å²) in [6.45, 7) is 29.0. The molecular weight excluding hydrogens is 815 g/mol. The highest BCUT2D eigenvalue weighted by atomic mass is 16.5. The molecule has 0 radical (unpaired) electrons. The van der Waals surface area contributed by atoms with Crippen molar-refractivity contribution < 1.29 is 19.4 Å². The van der Waals surface area contributed by atoms with E-state index in [2.05, 4.69) is 171 Å². The first kappa shape index (κ1) is 38.8. The number of hydrogen-bond acceptors (Lipinski definition) is 1. The highest BCUT2D eigenvalue weighted by molar-refractivity contribution is 5.98. The lowest BCUT2D eigenvalue weighted by Gasteiger charge is -2.34.